The van der Waals surface area contributed by atoms with Crippen molar-refractivity contribution in [2.45, 2.75) is 26.9 Å². The second-order valence-corrected chi connectivity index (χ2v) is 7.73. The molecule has 0 saturated carbocycles. The van der Waals surface area contributed by atoms with Crippen molar-refractivity contribution in [2.75, 3.05) is 11.6 Å². The Morgan fingerprint density at radius 3 is 2.72 bits per heavy atom. The molecule has 1 N–H and O–H groups in total. The van der Waals surface area contributed by atoms with E-state index in [0.717, 1.165) is 18.1 Å². The number of rotatable bonds is 3. The molecule has 2 aromatic heterocycles. The standard InChI is InChI=1S/C20H20N2O2S/c1-14-15(2)25-20-17(14)12-21(11-16-7-4-3-5-8-16)13-22(20)19(23)18-9-6-10-24-18/h3-10H,11-13H2,1-2H3/p+1. The number of anilines is 1. The minimum absolute atomic E-state index is 0.0576. The molecule has 25 heavy (non-hydrogen) atoms. The van der Waals surface area contributed by atoms with E-state index >= 15 is 0 Å². The van der Waals surface area contributed by atoms with Gasteiger partial charge >= 0.3 is 0 Å². The fourth-order valence-electron chi connectivity index (χ4n) is 3.38. The predicted octanol–water partition coefficient (Wildman–Crippen LogP) is 3.16. The third kappa shape index (κ3) is 3.01. The molecule has 3 aromatic rings. The molecule has 1 atom stereocenters. The largest absolute Gasteiger partial charge is 0.459 e. The van der Waals surface area contributed by atoms with Gasteiger partial charge in [0.2, 0.25) is 0 Å². The molecule has 1 unspecified atom stereocenters. The summed E-state index contributed by atoms with van der Waals surface area (Å²) in [5.74, 6) is 0.341. The average molecular weight is 353 g/mol. The molecule has 0 fully saturated rings. The summed E-state index contributed by atoms with van der Waals surface area (Å²) in [5, 5.41) is 1.08. The van der Waals surface area contributed by atoms with Crippen LogP contribution in [0.2, 0.25) is 0 Å². The monoisotopic (exact) mass is 353 g/mol. The Morgan fingerprint density at radius 1 is 1.20 bits per heavy atom. The molecule has 0 radical (unpaired) electrons. The normalized spacial score (nSPS) is 16.7. The highest BCUT2D eigenvalue weighted by Crippen LogP contribution is 2.36. The highest BCUT2D eigenvalue weighted by molar-refractivity contribution is 7.16. The SMILES string of the molecule is Cc1sc2c(c1C)C[NH+](Cc1ccccc1)CN2C(=O)c1ccco1. The average Bonchev–Trinajstić information content (AvgIpc) is 3.25. The maximum Gasteiger partial charge on any atom is 0.298 e. The van der Waals surface area contributed by atoms with Crippen molar-refractivity contribution in [3.63, 3.8) is 0 Å². The zero-order chi connectivity index (χ0) is 17.4. The van der Waals surface area contributed by atoms with Crippen LogP contribution in [0.15, 0.2) is 53.1 Å². The molecule has 3 heterocycles. The second kappa shape index (κ2) is 6.50. The van der Waals surface area contributed by atoms with Gasteiger partial charge in [0, 0.05) is 16.0 Å². The number of thiophene rings is 1. The predicted molar refractivity (Wildman–Crippen MR) is 99.0 cm³/mol. The van der Waals surface area contributed by atoms with Gasteiger partial charge < -0.3 is 9.32 Å². The summed E-state index contributed by atoms with van der Waals surface area (Å²) < 4.78 is 5.36. The first-order valence-corrected chi connectivity index (χ1v) is 9.27. The van der Waals surface area contributed by atoms with Gasteiger partial charge in [-0.1, -0.05) is 30.3 Å². The topological polar surface area (TPSA) is 37.9 Å². The van der Waals surface area contributed by atoms with E-state index in [9.17, 15) is 4.79 Å². The van der Waals surface area contributed by atoms with E-state index in [1.165, 1.54) is 26.5 Å². The first kappa shape index (κ1) is 16.1. The maximum atomic E-state index is 13.0. The molecule has 0 aliphatic carbocycles. The van der Waals surface area contributed by atoms with Crippen molar-refractivity contribution >= 4 is 22.2 Å². The van der Waals surface area contributed by atoms with Crippen LogP contribution in [0.5, 0.6) is 0 Å². The summed E-state index contributed by atoms with van der Waals surface area (Å²) in [5.41, 5.74) is 3.89. The van der Waals surface area contributed by atoms with E-state index in [1.54, 1.807) is 29.7 Å². The van der Waals surface area contributed by atoms with Crippen LogP contribution in [0.25, 0.3) is 0 Å². The number of hydrogen-bond acceptors (Lipinski definition) is 3. The van der Waals surface area contributed by atoms with Crippen LogP contribution in [0, 0.1) is 13.8 Å². The van der Waals surface area contributed by atoms with E-state index in [1.807, 2.05) is 11.0 Å². The Labute approximate surface area is 151 Å². The molecular weight excluding hydrogens is 332 g/mol. The quantitative estimate of drug-likeness (QED) is 0.785. The van der Waals surface area contributed by atoms with Crippen molar-refractivity contribution in [3.8, 4) is 0 Å². The first-order valence-electron chi connectivity index (χ1n) is 8.45. The van der Waals surface area contributed by atoms with E-state index in [-0.39, 0.29) is 5.91 Å². The molecule has 1 amide bonds. The Morgan fingerprint density at radius 2 is 2.00 bits per heavy atom. The molecule has 0 saturated heterocycles. The third-order valence-corrected chi connectivity index (χ3v) is 6.09. The van der Waals surface area contributed by atoms with Crippen molar-refractivity contribution in [1.29, 1.82) is 0 Å². The number of quaternary nitrogens is 1. The van der Waals surface area contributed by atoms with E-state index < -0.39 is 0 Å². The van der Waals surface area contributed by atoms with Crippen molar-refractivity contribution < 1.29 is 14.1 Å². The fourth-order valence-corrected chi connectivity index (χ4v) is 4.56. The van der Waals surface area contributed by atoms with E-state index in [0.29, 0.717) is 12.4 Å². The molecule has 1 aromatic carbocycles. The van der Waals surface area contributed by atoms with Gasteiger partial charge in [0.15, 0.2) is 12.4 Å². The van der Waals surface area contributed by atoms with Crippen LogP contribution in [-0.4, -0.2) is 12.6 Å². The van der Waals surface area contributed by atoms with Crippen LogP contribution in [0.4, 0.5) is 5.00 Å². The number of furan rings is 1. The Hall–Kier alpha value is -2.37. The summed E-state index contributed by atoms with van der Waals surface area (Å²) >= 11 is 1.71. The van der Waals surface area contributed by atoms with Gasteiger partial charge in [-0.25, -0.2) is 4.90 Å². The molecule has 4 nitrogen and oxygen atoms in total. The van der Waals surface area contributed by atoms with Crippen LogP contribution in [0.3, 0.4) is 0 Å². The highest BCUT2D eigenvalue weighted by atomic mass is 32.1. The van der Waals surface area contributed by atoms with Crippen LogP contribution >= 0.6 is 11.3 Å². The second-order valence-electron chi connectivity index (χ2n) is 6.52. The maximum absolute atomic E-state index is 13.0. The van der Waals surface area contributed by atoms with Gasteiger partial charge in [-0.2, -0.15) is 0 Å². The van der Waals surface area contributed by atoms with Gasteiger partial charge in [0.1, 0.15) is 18.1 Å². The molecule has 128 valence electrons. The molecule has 5 heteroatoms. The van der Waals surface area contributed by atoms with E-state index in [2.05, 4.69) is 38.1 Å². The van der Waals surface area contributed by atoms with Gasteiger partial charge in [-0.05, 0) is 31.5 Å². The van der Waals surface area contributed by atoms with Crippen molar-refractivity contribution in [2.24, 2.45) is 0 Å². The summed E-state index contributed by atoms with van der Waals surface area (Å²) in [7, 11) is 0. The Bertz CT molecular complexity index is 884. The van der Waals surface area contributed by atoms with Gasteiger partial charge in [-0.3, -0.25) is 4.79 Å². The number of carbonyl (C=O) groups is 1. The summed E-state index contributed by atoms with van der Waals surface area (Å²) in [6.07, 6.45) is 1.55. The first-order chi connectivity index (χ1) is 12.1. The number of fused-ring (bicyclic) bond motifs is 1. The summed E-state index contributed by atoms with van der Waals surface area (Å²) in [6.45, 7) is 6.79. The van der Waals surface area contributed by atoms with Crippen molar-refractivity contribution in [3.05, 3.63) is 76.1 Å². The minimum Gasteiger partial charge on any atom is -0.459 e. The zero-order valence-corrected chi connectivity index (χ0v) is 15.2. The van der Waals surface area contributed by atoms with Gasteiger partial charge in [0.25, 0.3) is 5.91 Å². The fraction of sp³-hybridized carbons (Fsp3) is 0.250. The molecular formula is C20H21N2O2S+. The molecule has 0 bridgehead atoms. The smallest absolute Gasteiger partial charge is 0.298 e. The third-order valence-electron chi connectivity index (χ3n) is 4.82. The van der Waals surface area contributed by atoms with Crippen LogP contribution in [0.1, 0.15) is 32.1 Å². The zero-order valence-electron chi connectivity index (χ0n) is 14.4. The number of hydrogen-bond donors (Lipinski definition) is 1. The summed E-state index contributed by atoms with van der Waals surface area (Å²) in [6, 6.07) is 14.0. The Kier molecular flexibility index (Phi) is 4.19. The molecule has 1 aliphatic heterocycles. The number of amides is 1. The van der Waals surface area contributed by atoms with E-state index in [4.69, 9.17) is 4.42 Å². The number of benzene rings is 1. The van der Waals surface area contributed by atoms with Gasteiger partial charge in [0.05, 0.1) is 6.26 Å². The number of nitrogens with zero attached hydrogens (tertiary/aromatic N) is 1. The minimum atomic E-state index is -0.0576. The number of carbonyl (C=O) groups excluding carboxylic acids is 1. The lowest BCUT2D eigenvalue weighted by atomic mass is 10.1. The lowest BCUT2D eigenvalue weighted by Gasteiger charge is -2.32. The van der Waals surface area contributed by atoms with Gasteiger partial charge in [-0.15, -0.1) is 11.3 Å². The van der Waals surface area contributed by atoms with Crippen molar-refractivity contribution in [1.82, 2.24) is 0 Å². The molecule has 1 aliphatic rings. The van der Waals surface area contributed by atoms with Crippen LogP contribution in [-0.2, 0) is 13.1 Å². The lowest BCUT2D eigenvalue weighted by molar-refractivity contribution is -0.928. The lowest BCUT2D eigenvalue weighted by Crippen LogP contribution is -3.12. The highest BCUT2D eigenvalue weighted by Gasteiger charge is 2.34. The van der Waals surface area contributed by atoms with Crippen LogP contribution < -0.4 is 9.80 Å². The molecule has 4 rings (SSSR count). The number of aryl methyl sites for hydroxylation is 1. The Balaban J connectivity index is 1.68. The number of nitrogens with one attached hydrogen (secondary N) is 1. The summed E-state index contributed by atoms with van der Waals surface area (Å²) in [4.78, 5) is 17.5. The molecule has 0 spiro atoms.